The predicted octanol–water partition coefficient (Wildman–Crippen LogP) is 3.97. The molecule has 4 aromatic rings. The third kappa shape index (κ3) is 3.50. The zero-order chi connectivity index (χ0) is 20.3. The van der Waals surface area contributed by atoms with E-state index >= 15 is 0 Å². The fourth-order valence-electron chi connectivity index (χ4n) is 4.01. The standard InChI is InChI=1S/C23H22N6O/c30-23(26-17-8-7-11-19(14-17)28-15-24-25-16-28)22-20-12-5-2-6-13-21(20)29(27-22)18-9-3-1-4-10-18/h1,3-4,7-11,14-16H,2,5-6,12-13H2,(H,26,30). The first-order chi connectivity index (χ1) is 14.8. The van der Waals surface area contributed by atoms with Gasteiger partial charge in [-0.3, -0.25) is 9.36 Å². The summed E-state index contributed by atoms with van der Waals surface area (Å²) in [5, 5.41) is 15.5. The summed E-state index contributed by atoms with van der Waals surface area (Å²) in [5.41, 5.74) is 5.33. The maximum atomic E-state index is 13.2. The molecule has 1 aliphatic carbocycles. The van der Waals surface area contributed by atoms with Crippen molar-refractivity contribution in [2.24, 2.45) is 0 Å². The van der Waals surface area contributed by atoms with Crippen molar-refractivity contribution in [1.29, 1.82) is 0 Å². The van der Waals surface area contributed by atoms with Gasteiger partial charge in [0, 0.05) is 16.9 Å². The van der Waals surface area contributed by atoms with Crippen molar-refractivity contribution in [2.45, 2.75) is 32.1 Å². The first-order valence-electron chi connectivity index (χ1n) is 10.2. The van der Waals surface area contributed by atoms with Gasteiger partial charge in [-0.15, -0.1) is 10.2 Å². The van der Waals surface area contributed by atoms with Crippen LogP contribution in [-0.2, 0) is 12.8 Å². The summed E-state index contributed by atoms with van der Waals surface area (Å²) in [4.78, 5) is 13.2. The van der Waals surface area contributed by atoms with E-state index in [1.165, 1.54) is 6.42 Å². The van der Waals surface area contributed by atoms with Gasteiger partial charge in [-0.05, 0) is 56.0 Å². The Morgan fingerprint density at radius 2 is 1.63 bits per heavy atom. The fourth-order valence-corrected chi connectivity index (χ4v) is 4.01. The van der Waals surface area contributed by atoms with E-state index in [0.717, 1.165) is 48.3 Å². The molecule has 0 atom stereocenters. The van der Waals surface area contributed by atoms with E-state index in [-0.39, 0.29) is 5.91 Å². The highest BCUT2D eigenvalue weighted by Crippen LogP contribution is 2.27. The number of amides is 1. The van der Waals surface area contributed by atoms with E-state index in [2.05, 4.69) is 15.5 Å². The largest absolute Gasteiger partial charge is 0.321 e. The lowest BCUT2D eigenvalue weighted by Gasteiger charge is -2.07. The van der Waals surface area contributed by atoms with E-state index in [9.17, 15) is 4.79 Å². The van der Waals surface area contributed by atoms with Crippen molar-refractivity contribution >= 4 is 11.6 Å². The molecule has 2 aromatic carbocycles. The van der Waals surface area contributed by atoms with Gasteiger partial charge in [-0.1, -0.05) is 30.7 Å². The summed E-state index contributed by atoms with van der Waals surface area (Å²) in [6.07, 6.45) is 8.44. The van der Waals surface area contributed by atoms with Crippen LogP contribution < -0.4 is 5.32 Å². The Morgan fingerprint density at radius 3 is 2.47 bits per heavy atom. The number of anilines is 1. The number of carbonyl (C=O) groups excluding carboxylic acids is 1. The fraction of sp³-hybridized carbons (Fsp3) is 0.217. The number of hydrogen-bond donors (Lipinski definition) is 1. The highest BCUT2D eigenvalue weighted by atomic mass is 16.2. The van der Waals surface area contributed by atoms with E-state index in [1.807, 2.05) is 59.3 Å². The minimum atomic E-state index is -0.177. The molecule has 0 spiro atoms. The first-order valence-corrected chi connectivity index (χ1v) is 10.2. The van der Waals surface area contributed by atoms with Crippen molar-refractivity contribution in [3.05, 3.63) is 84.2 Å². The van der Waals surface area contributed by atoms with Crippen molar-refractivity contribution < 1.29 is 4.79 Å². The van der Waals surface area contributed by atoms with Crippen molar-refractivity contribution in [1.82, 2.24) is 24.5 Å². The molecule has 0 fully saturated rings. The smallest absolute Gasteiger partial charge is 0.276 e. The zero-order valence-electron chi connectivity index (χ0n) is 16.5. The van der Waals surface area contributed by atoms with E-state index in [1.54, 1.807) is 17.2 Å². The minimum absolute atomic E-state index is 0.177. The topological polar surface area (TPSA) is 77.6 Å². The van der Waals surface area contributed by atoms with Gasteiger partial charge >= 0.3 is 0 Å². The molecule has 2 heterocycles. The lowest BCUT2D eigenvalue weighted by atomic mass is 10.1. The lowest BCUT2D eigenvalue weighted by molar-refractivity contribution is 0.102. The number of carbonyl (C=O) groups is 1. The third-order valence-corrected chi connectivity index (χ3v) is 5.47. The highest BCUT2D eigenvalue weighted by Gasteiger charge is 2.24. The van der Waals surface area contributed by atoms with Crippen LogP contribution in [0.3, 0.4) is 0 Å². The molecular formula is C23H22N6O. The molecule has 2 aromatic heterocycles. The van der Waals surface area contributed by atoms with Gasteiger partial charge in [-0.2, -0.15) is 5.10 Å². The SMILES string of the molecule is O=C(Nc1cccc(-n2cnnc2)c1)c1nn(-c2ccccc2)c2c1CCCCC2. The summed E-state index contributed by atoms with van der Waals surface area (Å²) >= 11 is 0. The van der Waals surface area contributed by atoms with Crippen molar-refractivity contribution in [3.63, 3.8) is 0 Å². The van der Waals surface area contributed by atoms with Crippen LogP contribution in [0.1, 0.15) is 41.0 Å². The Bertz CT molecular complexity index is 1160. The molecule has 5 rings (SSSR count). The Labute approximate surface area is 174 Å². The van der Waals surface area contributed by atoms with Gasteiger partial charge in [0.25, 0.3) is 5.91 Å². The summed E-state index contributed by atoms with van der Waals surface area (Å²) in [5.74, 6) is -0.177. The maximum Gasteiger partial charge on any atom is 0.276 e. The number of aromatic nitrogens is 5. The molecule has 0 saturated carbocycles. The average molecular weight is 398 g/mol. The minimum Gasteiger partial charge on any atom is -0.321 e. The van der Waals surface area contributed by atoms with Crippen LogP contribution in [0.5, 0.6) is 0 Å². The zero-order valence-corrected chi connectivity index (χ0v) is 16.5. The van der Waals surface area contributed by atoms with Gasteiger partial charge in [0.05, 0.1) is 11.4 Å². The van der Waals surface area contributed by atoms with Gasteiger partial charge in [0.15, 0.2) is 5.69 Å². The number of para-hydroxylation sites is 1. The van der Waals surface area contributed by atoms with Crippen molar-refractivity contribution in [2.75, 3.05) is 5.32 Å². The number of fused-ring (bicyclic) bond motifs is 1. The Kier molecular flexibility index (Phi) is 4.85. The van der Waals surface area contributed by atoms with E-state index < -0.39 is 0 Å². The number of nitrogens with zero attached hydrogens (tertiary/aromatic N) is 5. The second-order valence-corrected chi connectivity index (χ2v) is 7.46. The quantitative estimate of drug-likeness (QED) is 0.528. The van der Waals surface area contributed by atoms with Crippen LogP contribution in [0.4, 0.5) is 5.69 Å². The molecule has 0 radical (unpaired) electrons. The van der Waals surface area contributed by atoms with E-state index in [0.29, 0.717) is 11.4 Å². The van der Waals surface area contributed by atoms with Gasteiger partial charge in [-0.25, -0.2) is 4.68 Å². The first kappa shape index (κ1) is 18.3. The van der Waals surface area contributed by atoms with Crippen LogP contribution in [0.2, 0.25) is 0 Å². The molecule has 1 aliphatic rings. The van der Waals surface area contributed by atoms with Gasteiger partial charge < -0.3 is 5.32 Å². The molecule has 150 valence electrons. The molecule has 7 heteroatoms. The molecule has 0 bridgehead atoms. The van der Waals surface area contributed by atoms with Crippen LogP contribution >= 0.6 is 0 Å². The second-order valence-electron chi connectivity index (χ2n) is 7.46. The Balaban J connectivity index is 1.49. The van der Waals surface area contributed by atoms with Gasteiger partial charge in [0.1, 0.15) is 12.7 Å². The molecule has 7 nitrogen and oxygen atoms in total. The molecule has 30 heavy (non-hydrogen) atoms. The van der Waals surface area contributed by atoms with E-state index in [4.69, 9.17) is 5.10 Å². The van der Waals surface area contributed by atoms with Crippen LogP contribution in [0.15, 0.2) is 67.3 Å². The Hall–Kier alpha value is -3.74. The summed E-state index contributed by atoms with van der Waals surface area (Å²) in [6, 6.07) is 17.6. The molecule has 1 amide bonds. The summed E-state index contributed by atoms with van der Waals surface area (Å²) in [7, 11) is 0. The molecule has 0 saturated heterocycles. The van der Waals surface area contributed by atoms with Crippen molar-refractivity contribution in [3.8, 4) is 11.4 Å². The Morgan fingerprint density at radius 1 is 0.867 bits per heavy atom. The molecule has 1 N–H and O–H groups in total. The number of hydrogen-bond acceptors (Lipinski definition) is 4. The number of rotatable bonds is 4. The van der Waals surface area contributed by atoms with Crippen LogP contribution in [-0.4, -0.2) is 30.5 Å². The molecule has 0 unspecified atom stereocenters. The van der Waals surface area contributed by atoms with Crippen LogP contribution in [0, 0.1) is 0 Å². The lowest BCUT2D eigenvalue weighted by Crippen LogP contribution is -2.15. The highest BCUT2D eigenvalue weighted by molar-refractivity contribution is 6.04. The molecule has 0 aliphatic heterocycles. The number of nitrogens with one attached hydrogen (secondary N) is 1. The maximum absolute atomic E-state index is 13.2. The summed E-state index contributed by atoms with van der Waals surface area (Å²) in [6.45, 7) is 0. The predicted molar refractivity (Wildman–Crippen MR) is 114 cm³/mol. The second kappa shape index (κ2) is 7.94. The number of benzene rings is 2. The van der Waals surface area contributed by atoms with Gasteiger partial charge in [0.2, 0.25) is 0 Å². The van der Waals surface area contributed by atoms with Crippen LogP contribution in [0.25, 0.3) is 11.4 Å². The normalized spacial score (nSPS) is 13.5. The summed E-state index contributed by atoms with van der Waals surface area (Å²) < 4.78 is 3.75. The monoisotopic (exact) mass is 398 g/mol. The molecular weight excluding hydrogens is 376 g/mol. The average Bonchev–Trinajstić information content (AvgIpc) is 3.38. The third-order valence-electron chi connectivity index (χ3n) is 5.47.